The predicted molar refractivity (Wildman–Crippen MR) is 95.5 cm³/mol. The van der Waals surface area contributed by atoms with Gasteiger partial charge in [0.25, 0.3) is 0 Å². The average Bonchev–Trinajstić information content (AvgIpc) is 3.28. The first kappa shape index (κ1) is 18.2. The molecule has 26 heavy (non-hydrogen) atoms. The molecule has 3 aromatic rings. The third-order valence-electron chi connectivity index (χ3n) is 3.40. The van der Waals surface area contributed by atoms with E-state index < -0.39 is 29.1 Å². The number of amides is 1. The number of nitrogens with zero attached hydrogens (tertiary/aromatic N) is 1. The number of anilines is 1. The number of benzene rings is 1. The fraction of sp³-hybridized carbons (Fsp3) is 0.118. The fourth-order valence-corrected chi connectivity index (χ4v) is 3.71. The number of thiazole rings is 1. The van der Waals surface area contributed by atoms with Gasteiger partial charge in [-0.2, -0.15) is 11.3 Å². The topological polar surface area (TPSA) is 68.3 Å². The number of hydrogen-bond acceptors (Lipinski definition) is 6. The second kappa shape index (κ2) is 7.71. The molecule has 1 N–H and O–H groups in total. The molecule has 2 aromatic heterocycles. The van der Waals surface area contributed by atoms with Gasteiger partial charge in [-0.05, 0) is 17.5 Å². The molecule has 1 aromatic carbocycles. The maximum absolute atomic E-state index is 13.9. The summed E-state index contributed by atoms with van der Waals surface area (Å²) in [6.07, 6.45) is -0.0784. The average molecular weight is 394 g/mol. The van der Waals surface area contributed by atoms with E-state index in [0.717, 1.165) is 23.7 Å². The Bertz CT molecular complexity index is 955. The van der Waals surface area contributed by atoms with Crippen LogP contribution in [-0.4, -0.2) is 24.0 Å². The fourth-order valence-electron chi connectivity index (χ4n) is 2.18. The summed E-state index contributed by atoms with van der Waals surface area (Å²) >= 11 is 2.95. The van der Waals surface area contributed by atoms with Crippen LogP contribution in [0.4, 0.5) is 14.5 Å². The van der Waals surface area contributed by atoms with Gasteiger partial charge in [-0.25, -0.2) is 18.6 Å². The summed E-state index contributed by atoms with van der Waals surface area (Å²) in [6, 6.07) is 3.36. The number of thiophene rings is 1. The van der Waals surface area contributed by atoms with Crippen molar-refractivity contribution in [2.24, 2.45) is 0 Å². The number of rotatable bonds is 5. The molecule has 5 nitrogen and oxygen atoms in total. The Morgan fingerprint density at radius 3 is 2.73 bits per heavy atom. The maximum Gasteiger partial charge on any atom is 0.340 e. The molecule has 0 saturated carbocycles. The minimum Gasteiger partial charge on any atom is -0.465 e. The lowest BCUT2D eigenvalue weighted by molar-refractivity contribution is -0.115. The van der Waals surface area contributed by atoms with E-state index in [4.69, 9.17) is 0 Å². The Kier molecular flexibility index (Phi) is 5.38. The van der Waals surface area contributed by atoms with Crippen molar-refractivity contribution in [3.05, 3.63) is 57.2 Å². The van der Waals surface area contributed by atoms with Gasteiger partial charge < -0.3 is 10.1 Å². The second-order valence-electron chi connectivity index (χ2n) is 5.18. The van der Waals surface area contributed by atoms with Crippen molar-refractivity contribution in [3.8, 4) is 10.6 Å². The highest BCUT2D eigenvalue weighted by Crippen LogP contribution is 2.26. The van der Waals surface area contributed by atoms with Crippen LogP contribution in [0.2, 0.25) is 0 Å². The summed E-state index contributed by atoms with van der Waals surface area (Å²) in [5.41, 5.74) is 0.742. The summed E-state index contributed by atoms with van der Waals surface area (Å²) in [4.78, 5) is 28.0. The largest absolute Gasteiger partial charge is 0.465 e. The highest BCUT2D eigenvalue weighted by Gasteiger charge is 2.18. The maximum atomic E-state index is 13.9. The number of nitrogens with one attached hydrogen (secondary N) is 1. The first-order valence-corrected chi connectivity index (χ1v) is 9.14. The van der Waals surface area contributed by atoms with Crippen LogP contribution in [0, 0.1) is 11.6 Å². The van der Waals surface area contributed by atoms with Gasteiger partial charge in [0.05, 0.1) is 30.5 Å². The molecular formula is C17H12F2N2O3S2. The molecule has 134 valence electrons. The van der Waals surface area contributed by atoms with E-state index in [9.17, 15) is 18.4 Å². The van der Waals surface area contributed by atoms with Crippen LogP contribution in [0.25, 0.3) is 10.6 Å². The zero-order valence-corrected chi connectivity index (χ0v) is 15.0. The van der Waals surface area contributed by atoms with Gasteiger partial charge in [-0.15, -0.1) is 11.3 Å². The summed E-state index contributed by atoms with van der Waals surface area (Å²) in [5, 5.41) is 8.74. The number of hydrogen-bond donors (Lipinski definition) is 1. The molecule has 0 aliphatic rings. The van der Waals surface area contributed by atoms with Crippen molar-refractivity contribution in [1.82, 2.24) is 4.98 Å². The Hall–Kier alpha value is -2.65. The smallest absolute Gasteiger partial charge is 0.340 e. The summed E-state index contributed by atoms with van der Waals surface area (Å²) in [6.45, 7) is 0. The van der Waals surface area contributed by atoms with Crippen molar-refractivity contribution in [1.29, 1.82) is 0 Å². The summed E-state index contributed by atoms with van der Waals surface area (Å²) in [5.74, 6) is -3.54. The molecular weight excluding hydrogens is 382 g/mol. The zero-order chi connectivity index (χ0) is 18.7. The van der Waals surface area contributed by atoms with E-state index in [1.807, 2.05) is 16.8 Å². The van der Waals surface area contributed by atoms with Crippen LogP contribution in [0.15, 0.2) is 34.3 Å². The van der Waals surface area contributed by atoms with Crippen LogP contribution in [0.1, 0.15) is 16.1 Å². The van der Waals surface area contributed by atoms with E-state index in [2.05, 4.69) is 15.0 Å². The van der Waals surface area contributed by atoms with Crippen molar-refractivity contribution in [2.45, 2.75) is 6.42 Å². The van der Waals surface area contributed by atoms with Gasteiger partial charge in [0, 0.05) is 22.4 Å². The van der Waals surface area contributed by atoms with E-state index >= 15 is 0 Å². The molecule has 0 spiro atoms. The molecule has 0 atom stereocenters. The van der Waals surface area contributed by atoms with Crippen LogP contribution >= 0.6 is 22.7 Å². The molecule has 2 heterocycles. The van der Waals surface area contributed by atoms with Crippen LogP contribution in [0.5, 0.6) is 0 Å². The Morgan fingerprint density at radius 1 is 1.23 bits per heavy atom. The summed E-state index contributed by atoms with van der Waals surface area (Å²) in [7, 11) is 1.08. The molecule has 9 heteroatoms. The van der Waals surface area contributed by atoms with Gasteiger partial charge in [0.15, 0.2) is 0 Å². The van der Waals surface area contributed by atoms with E-state index in [1.54, 1.807) is 16.7 Å². The van der Waals surface area contributed by atoms with E-state index in [0.29, 0.717) is 11.8 Å². The lowest BCUT2D eigenvalue weighted by atomic mass is 10.1. The van der Waals surface area contributed by atoms with Gasteiger partial charge >= 0.3 is 5.97 Å². The highest BCUT2D eigenvalue weighted by atomic mass is 32.1. The molecule has 1 amide bonds. The predicted octanol–water partition coefficient (Wildman–Crippen LogP) is 4.12. The Morgan fingerprint density at radius 2 is 2.04 bits per heavy atom. The first-order chi connectivity index (χ1) is 12.5. The molecule has 0 aliphatic carbocycles. The second-order valence-corrected chi connectivity index (χ2v) is 6.82. The number of ether oxygens (including phenoxy) is 1. The van der Waals surface area contributed by atoms with Crippen molar-refractivity contribution in [3.63, 3.8) is 0 Å². The zero-order valence-electron chi connectivity index (χ0n) is 13.4. The van der Waals surface area contributed by atoms with Gasteiger partial charge in [-0.1, -0.05) is 0 Å². The molecule has 0 fully saturated rings. The SMILES string of the molecule is COC(=O)c1cc(NC(=O)Cc2csc(-c3ccsc3)n2)c(F)cc1F. The highest BCUT2D eigenvalue weighted by molar-refractivity contribution is 7.14. The third-order valence-corrected chi connectivity index (χ3v) is 5.02. The molecule has 0 unspecified atom stereocenters. The first-order valence-electron chi connectivity index (χ1n) is 7.32. The lowest BCUT2D eigenvalue weighted by Gasteiger charge is -2.08. The quantitative estimate of drug-likeness (QED) is 0.661. The molecule has 0 radical (unpaired) electrons. The van der Waals surface area contributed by atoms with E-state index in [-0.39, 0.29) is 12.1 Å². The third kappa shape index (κ3) is 3.94. The number of methoxy groups -OCH3 is 1. The minimum absolute atomic E-state index is 0.0784. The van der Waals surface area contributed by atoms with Crippen molar-refractivity contribution in [2.75, 3.05) is 12.4 Å². The van der Waals surface area contributed by atoms with Crippen LogP contribution < -0.4 is 5.32 Å². The minimum atomic E-state index is -1.06. The number of carbonyl (C=O) groups is 2. The monoisotopic (exact) mass is 394 g/mol. The summed E-state index contributed by atoms with van der Waals surface area (Å²) < 4.78 is 31.9. The van der Waals surface area contributed by atoms with Crippen molar-refractivity contribution >= 4 is 40.2 Å². The molecule has 3 rings (SSSR count). The van der Waals surface area contributed by atoms with Crippen LogP contribution in [0.3, 0.4) is 0 Å². The van der Waals surface area contributed by atoms with Gasteiger partial charge in [-0.3, -0.25) is 4.79 Å². The number of esters is 1. The number of aromatic nitrogens is 1. The number of halogens is 2. The van der Waals surface area contributed by atoms with Crippen LogP contribution in [-0.2, 0) is 16.0 Å². The Balaban J connectivity index is 1.73. The number of carbonyl (C=O) groups excluding carboxylic acids is 2. The van der Waals surface area contributed by atoms with Crippen molar-refractivity contribution < 1.29 is 23.1 Å². The normalized spacial score (nSPS) is 10.6. The van der Waals surface area contributed by atoms with Gasteiger partial charge in [0.2, 0.25) is 5.91 Å². The van der Waals surface area contributed by atoms with E-state index in [1.165, 1.54) is 11.3 Å². The molecule has 0 saturated heterocycles. The standard InChI is InChI=1S/C17H12F2N2O3S2/c1-24-17(23)11-5-14(13(19)6-12(11)18)21-15(22)4-10-8-26-16(20-10)9-2-3-25-7-9/h2-3,5-8H,4H2,1H3,(H,21,22). The molecule has 0 bridgehead atoms. The molecule has 0 aliphatic heterocycles. The lowest BCUT2D eigenvalue weighted by Crippen LogP contribution is -2.17. The van der Waals surface area contributed by atoms with Gasteiger partial charge in [0.1, 0.15) is 16.6 Å². The Labute approximate surface area is 155 Å².